The highest BCUT2D eigenvalue weighted by Crippen LogP contribution is 2.36. The van der Waals surface area contributed by atoms with Crippen LogP contribution >= 0.6 is 0 Å². The standard InChI is InChI=1S/C15H20N2O2/c1-11(9-16)10-17-13(18)8-15(2,14(17)19)12-6-4-3-5-7-12/h3-7,11H,8-10,16H2,1-2H3. The van der Waals surface area contributed by atoms with Gasteiger partial charge in [-0.2, -0.15) is 0 Å². The van der Waals surface area contributed by atoms with E-state index in [1.807, 2.05) is 44.2 Å². The third-order valence-electron chi connectivity index (χ3n) is 3.83. The van der Waals surface area contributed by atoms with Crippen molar-refractivity contribution in [1.82, 2.24) is 4.90 Å². The molecule has 0 bridgehead atoms. The molecule has 2 unspecified atom stereocenters. The molecule has 1 heterocycles. The van der Waals surface area contributed by atoms with Crippen LogP contribution in [0, 0.1) is 5.92 Å². The average molecular weight is 260 g/mol. The number of carbonyl (C=O) groups is 2. The molecule has 0 aliphatic carbocycles. The van der Waals surface area contributed by atoms with Crippen LogP contribution in [0.3, 0.4) is 0 Å². The quantitative estimate of drug-likeness (QED) is 0.830. The number of amides is 2. The zero-order valence-electron chi connectivity index (χ0n) is 11.4. The van der Waals surface area contributed by atoms with E-state index >= 15 is 0 Å². The van der Waals surface area contributed by atoms with Crippen LogP contribution in [0.5, 0.6) is 0 Å². The normalized spacial score (nSPS) is 24.9. The maximum Gasteiger partial charge on any atom is 0.240 e. The molecule has 1 aliphatic heterocycles. The first-order chi connectivity index (χ1) is 8.99. The van der Waals surface area contributed by atoms with Gasteiger partial charge in [-0.3, -0.25) is 14.5 Å². The first kappa shape index (κ1) is 13.7. The Bertz CT molecular complexity index is 486. The molecule has 1 aromatic rings. The Labute approximate surface area is 113 Å². The van der Waals surface area contributed by atoms with Gasteiger partial charge < -0.3 is 5.73 Å². The maximum absolute atomic E-state index is 12.6. The molecule has 0 radical (unpaired) electrons. The van der Waals surface area contributed by atoms with Crippen LogP contribution in [0.2, 0.25) is 0 Å². The molecule has 1 saturated heterocycles. The predicted octanol–water partition coefficient (Wildman–Crippen LogP) is 1.30. The van der Waals surface area contributed by atoms with Crippen LogP contribution in [0.1, 0.15) is 25.8 Å². The molecule has 0 aromatic heterocycles. The predicted molar refractivity (Wildman–Crippen MR) is 73.3 cm³/mol. The molecule has 1 aromatic carbocycles. The van der Waals surface area contributed by atoms with Gasteiger partial charge in [0.1, 0.15) is 0 Å². The number of hydrogen-bond donors (Lipinski definition) is 1. The molecular formula is C15H20N2O2. The van der Waals surface area contributed by atoms with Crippen molar-refractivity contribution in [2.24, 2.45) is 11.7 Å². The van der Waals surface area contributed by atoms with E-state index in [0.717, 1.165) is 5.56 Å². The molecule has 1 fully saturated rings. The van der Waals surface area contributed by atoms with E-state index in [2.05, 4.69) is 0 Å². The Kier molecular flexibility index (Phi) is 3.71. The molecule has 2 N–H and O–H groups in total. The summed E-state index contributed by atoms with van der Waals surface area (Å²) < 4.78 is 0. The van der Waals surface area contributed by atoms with Crippen molar-refractivity contribution < 1.29 is 9.59 Å². The summed E-state index contributed by atoms with van der Waals surface area (Å²) in [6, 6.07) is 9.50. The lowest BCUT2D eigenvalue weighted by Crippen LogP contribution is -2.40. The number of hydrogen-bond acceptors (Lipinski definition) is 3. The highest BCUT2D eigenvalue weighted by molar-refractivity contribution is 6.08. The van der Waals surface area contributed by atoms with Gasteiger partial charge in [-0.05, 0) is 24.9 Å². The van der Waals surface area contributed by atoms with Gasteiger partial charge in [-0.15, -0.1) is 0 Å². The van der Waals surface area contributed by atoms with Crippen molar-refractivity contribution in [3.63, 3.8) is 0 Å². The Morgan fingerprint density at radius 2 is 1.95 bits per heavy atom. The molecule has 2 amide bonds. The fraction of sp³-hybridized carbons (Fsp3) is 0.467. The largest absolute Gasteiger partial charge is 0.330 e. The number of benzene rings is 1. The first-order valence-corrected chi connectivity index (χ1v) is 6.59. The van der Waals surface area contributed by atoms with Crippen molar-refractivity contribution in [2.45, 2.75) is 25.7 Å². The number of likely N-dealkylation sites (tertiary alicyclic amines) is 1. The highest BCUT2D eigenvalue weighted by atomic mass is 16.2. The van der Waals surface area contributed by atoms with Gasteiger partial charge in [0, 0.05) is 13.0 Å². The van der Waals surface area contributed by atoms with Gasteiger partial charge >= 0.3 is 0 Å². The zero-order chi connectivity index (χ0) is 14.0. The second kappa shape index (κ2) is 5.13. The summed E-state index contributed by atoms with van der Waals surface area (Å²) in [5.74, 6) is -0.0772. The van der Waals surface area contributed by atoms with E-state index in [1.165, 1.54) is 4.90 Å². The molecule has 4 nitrogen and oxygen atoms in total. The number of nitrogens with zero attached hydrogens (tertiary/aromatic N) is 1. The molecule has 1 aliphatic rings. The first-order valence-electron chi connectivity index (χ1n) is 6.59. The van der Waals surface area contributed by atoms with E-state index in [4.69, 9.17) is 5.73 Å². The van der Waals surface area contributed by atoms with Gasteiger partial charge in [0.25, 0.3) is 0 Å². The van der Waals surface area contributed by atoms with Gasteiger partial charge in [0.2, 0.25) is 11.8 Å². The molecule has 0 saturated carbocycles. The monoisotopic (exact) mass is 260 g/mol. The fourth-order valence-corrected chi connectivity index (χ4v) is 2.49. The number of rotatable bonds is 4. The SMILES string of the molecule is CC(CN)CN1C(=O)CC(C)(c2ccccc2)C1=O. The minimum Gasteiger partial charge on any atom is -0.330 e. The Balaban J connectivity index is 2.27. The van der Waals surface area contributed by atoms with Crippen molar-refractivity contribution in [3.05, 3.63) is 35.9 Å². The molecule has 2 rings (SSSR count). The summed E-state index contributed by atoms with van der Waals surface area (Å²) in [7, 11) is 0. The van der Waals surface area contributed by atoms with E-state index in [9.17, 15) is 9.59 Å². The lowest BCUT2D eigenvalue weighted by atomic mass is 9.81. The average Bonchev–Trinajstić information content (AvgIpc) is 2.64. The summed E-state index contributed by atoms with van der Waals surface area (Å²) in [5.41, 5.74) is 5.74. The second-order valence-electron chi connectivity index (χ2n) is 5.53. The van der Waals surface area contributed by atoms with E-state index < -0.39 is 5.41 Å². The minimum atomic E-state index is -0.730. The topological polar surface area (TPSA) is 63.4 Å². The van der Waals surface area contributed by atoms with E-state index in [1.54, 1.807) is 0 Å². The van der Waals surface area contributed by atoms with Gasteiger partial charge in [0.15, 0.2) is 0 Å². The van der Waals surface area contributed by atoms with Gasteiger partial charge in [-0.25, -0.2) is 0 Å². The van der Waals surface area contributed by atoms with Crippen LogP contribution in [0.15, 0.2) is 30.3 Å². The van der Waals surface area contributed by atoms with Crippen molar-refractivity contribution in [2.75, 3.05) is 13.1 Å². The minimum absolute atomic E-state index is 0.100. The summed E-state index contributed by atoms with van der Waals surface area (Å²) >= 11 is 0. The molecule has 0 spiro atoms. The van der Waals surface area contributed by atoms with Crippen LogP contribution < -0.4 is 5.73 Å². The smallest absolute Gasteiger partial charge is 0.240 e. The Hall–Kier alpha value is -1.68. The number of carbonyl (C=O) groups excluding carboxylic acids is 2. The van der Waals surface area contributed by atoms with Crippen LogP contribution in [-0.4, -0.2) is 29.8 Å². The maximum atomic E-state index is 12.6. The van der Waals surface area contributed by atoms with Crippen molar-refractivity contribution in [1.29, 1.82) is 0 Å². The zero-order valence-corrected chi connectivity index (χ0v) is 11.4. The summed E-state index contributed by atoms with van der Waals surface area (Å²) in [6.07, 6.45) is 0.243. The van der Waals surface area contributed by atoms with Crippen LogP contribution in [0.25, 0.3) is 0 Å². The number of imide groups is 1. The van der Waals surface area contributed by atoms with E-state index in [-0.39, 0.29) is 24.2 Å². The highest BCUT2D eigenvalue weighted by Gasteiger charge is 2.49. The second-order valence-corrected chi connectivity index (χ2v) is 5.53. The molecular weight excluding hydrogens is 240 g/mol. The van der Waals surface area contributed by atoms with Gasteiger partial charge in [0.05, 0.1) is 5.41 Å². The fourth-order valence-electron chi connectivity index (χ4n) is 2.49. The van der Waals surface area contributed by atoms with Crippen LogP contribution in [0.4, 0.5) is 0 Å². The van der Waals surface area contributed by atoms with Crippen LogP contribution in [-0.2, 0) is 15.0 Å². The lowest BCUT2D eigenvalue weighted by Gasteiger charge is -2.24. The summed E-state index contributed by atoms with van der Waals surface area (Å²) in [4.78, 5) is 26.0. The van der Waals surface area contributed by atoms with Crippen molar-refractivity contribution in [3.8, 4) is 0 Å². The van der Waals surface area contributed by atoms with Gasteiger partial charge in [-0.1, -0.05) is 37.3 Å². The Morgan fingerprint density at radius 1 is 1.32 bits per heavy atom. The summed E-state index contributed by atoms with van der Waals surface area (Å²) in [6.45, 7) is 4.67. The molecule has 19 heavy (non-hydrogen) atoms. The third-order valence-corrected chi connectivity index (χ3v) is 3.83. The summed E-state index contributed by atoms with van der Waals surface area (Å²) in [5, 5.41) is 0. The van der Waals surface area contributed by atoms with Crippen molar-refractivity contribution >= 4 is 11.8 Å². The Morgan fingerprint density at radius 3 is 2.53 bits per heavy atom. The third kappa shape index (κ3) is 2.40. The van der Waals surface area contributed by atoms with E-state index in [0.29, 0.717) is 13.1 Å². The lowest BCUT2D eigenvalue weighted by molar-refractivity contribution is -0.140. The number of nitrogens with two attached hydrogens (primary N) is 1. The molecule has 4 heteroatoms. The molecule has 102 valence electrons. The molecule has 2 atom stereocenters.